The Morgan fingerprint density at radius 2 is 1.75 bits per heavy atom. The molecule has 94 valence electrons. The molecule has 0 saturated carbocycles. The molecule has 5 nitrogen and oxygen atoms in total. The summed E-state index contributed by atoms with van der Waals surface area (Å²) in [5.74, 6) is 0. The van der Waals surface area contributed by atoms with Gasteiger partial charge in [-0.15, -0.1) is 0 Å². The fourth-order valence-electron chi connectivity index (χ4n) is 1.71. The van der Waals surface area contributed by atoms with Crippen molar-refractivity contribution < 1.29 is 9.53 Å². The van der Waals surface area contributed by atoms with Gasteiger partial charge in [0.05, 0.1) is 13.2 Å². The summed E-state index contributed by atoms with van der Waals surface area (Å²) < 4.78 is 5.00. The maximum atomic E-state index is 10.0. The Morgan fingerprint density at radius 3 is 2.12 bits per heavy atom. The Labute approximate surface area is 97.5 Å². The van der Waals surface area contributed by atoms with E-state index in [4.69, 9.17) is 10.5 Å². The highest BCUT2D eigenvalue weighted by atomic mass is 16.5. The number of hydrogen-bond donors (Lipinski definition) is 1. The van der Waals surface area contributed by atoms with Crippen LogP contribution in [-0.4, -0.2) is 68.7 Å². The van der Waals surface area contributed by atoms with E-state index in [0.717, 1.165) is 19.5 Å². The molecule has 2 heterocycles. The van der Waals surface area contributed by atoms with Gasteiger partial charge < -0.3 is 20.3 Å². The Bertz CT molecular complexity index is 178. The first-order chi connectivity index (χ1) is 7.72. The number of nitrogens with zero attached hydrogens (tertiary/aromatic N) is 2. The number of nitrogens with two attached hydrogens (primary N) is 1. The van der Waals surface area contributed by atoms with Gasteiger partial charge >= 0.3 is 0 Å². The van der Waals surface area contributed by atoms with E-state index in [2.05, 4.69) is 11.9 Å². The highest BCUT2D eigenvalue weighted by Gasteiger charge is 2.11. The van der Waals surface area contributed by atoms with Crippen molar-refractivity contribution in [3.05, 3.63) is 0 Å². The molecule has 0 bridgehead atoms. The van der Waals surface area contributed by atoms with E-state index in [1.165, 1.54) is 25.9 Å². The number of hydrogen-bond acceptors (Lipinski definition) is 4. The maximum absolute atomic E-state index is 10.0. The molecular weight excluding hydrogens is 206 g/mol. The molecule has 0 aromatic heterocycles. The second-order valence-electron chi connectivity index (χ2n) is 4.39. The first-order valence-corrected chi connectivity index (χ1v) is 5.93. The normalized spacial score (nSPS) is 23.5. The van der Waals surface area contributed by atoms with E-state index < -0.39 is 0 Å². The zero-order valence-electron chi connectivity index (χ0n) is 10.1. The Balaban J connectivity index is 0.000000160. The number of ether oxygens (including phenoxy) is 1. The number of piperidine rings is 1. The smallest absolute Gasteiger partial charge is 0.209 e. The third kappa shape index (κ3) is 5.44. The molecule has 0 aromatic rings. The third-order valence-electron chi connectivity index (χ3n) is 2.96. The summed E-state index contributed by atoms with van der Waals surface area (Å²) in [5, 5.41) is 0. The SMILES string of the molecule is CN1CCC(N)CC1.O=CN1CCOCC1. The molecule has 2 N–H and O–H groups in total. The summed E-state index contributed by atoms with van der Waals surface area (Å²) >= 11 is 0. The first-order valence-electron chi connectivity index (χ1n) is 5.93. The number of amides is 1. The summed E-state index contributed by atoms with van der Waals surface area (Å²) in [6, 6.07) is 0.478. The molecule has 0 unspecified atom stereocenters. The third-order valence-corrected chi connectivity index (χ3v) is 2.96. The molecule has 0 spiro atoms. The quantitative estimate of drug-likeness (QED) is 0.617. The van der Waals surface area contributed by atoms with Crippen LogP contribution in [0.5, 0.6) is 0 Å². The number of carbonyl (C=O) groups excluding carboxylic acids is 1. The van der Waals surface area contributed by atoms with Gasteiger partial charge in [-0.25, -0.2) is 0 Å². The minimum Gasteiger partial charge on any atom is -0.378 e. The highest BCUT2D eigenvalue weighted by molar-refractivity contribution is 5.46. The van der Waals surface area contributed by atoms with Gasteiger partial charge in [0, 0.05) is 19.1 Å². The molecule has 1 amide bonds. The molecule has 5 heteroatoms. The van der Waals surface area contributed by atoms with Crippen molar-refractivity contribution in [1.29, 1.82) is 0 Å². The van der Waals surface area contributed by atoms with Gasteiger partial charge in [0.1, 0.15) is 0 Å². The van der Waals surface area contributed by atoms with Crippen LogP contribution in [0.15, 0.2) is 0 Å². The minimum absolute atomic E-state index is 0.478. The van der Waals surface area contributed by atoms with Gasteiger partial charge in [-0.1, -0.05) is 0 Å². The molecule has 0 atom stereocenters. The predicted molar refractivity (Wildman–Crippen MR) is 63.2 cm³/mol. The van der Waals surface area contributed by atoms with Gasteiger partial charge in [0.25, 0.3) is 0 Å². The molecule has 2 aliphatic rings. The van der Waals surface area contributed by atoms with Crippen molar-refractivity contribution in [1.82, 2.24) is 9.80 Å². The van der Waals surface area contributed by atoms with E-state index in [-0.39, 0.29) is 0 Å². The molecule has 16 heavy (non-hydrogen) atoms. The van der Waals surface area contributed by atoms with Gasteiger partial charge in [0.15, 0.2) is 0 Å². The minimum atomic E-state index is 0.478. The van der Waals surface area contributed by atoms with Gasteiger partial charge in [0.2, 0.25) is 6.41 Å². The van der Waals surface area contributed by atoms with Gasteiger partial charge in [-0.05, 0) is 33.0 Å². The second kappa shape index (κ2) is 7.60. The average molecular weight is 229 g/mol. The van der Waals surface area contributed by atoms with Crippen LogP contribution in [0.25, 0.3) is 0 Å². The zero-order chi connectivity index (χ0) is 11.8. The molecule has 2 fully saturated rings. The summed E-state index contributed by atoms with van der Waals surface area (Å²) in [6.45, 7) is 5.26. The van der Waals surface area contributed by atoms with Crippen LogP contribution in [0, 0.1) is 0 Å². The summed E-state index contributed by atoms with van der Waals surface area (Å²) in [4.78, 5) is 14.1. The van der Waals surface area contributed by atoms with E-state index in [0.29, 0.717) is 19.3 Å². The van der Waals surface area contributed by atoms with Crippen LogP contribution in [0.3, 0.4) is 0 Å². The molecular formula is C11H23N3O2. The lowest BCUT2D eigenvalue weighted by atomic mass is 10.1. The van der Waals surface area contributed by atoms with Crippen molar-refractivity contribution in [2.24, 2.45) is 5.73 Å². The van der Waals surface area contributed by atoms with E-state index >= 15 is 0 Å². The molecule has 0 radical (unpaired) electrons. The highest BCUT2D eigenvalue weighted by Crippen LogP contribution is 2.04. The fourth-order valence-corrected chi connectivity index (χ4v) is 1.71. The Kier molecular flexibility index (Phi) is 6.37. The van der Waals surface area contributed by atoms with Crippen LogP contribution in [0.1, 0.15) is 12.8 Å². The van der Waals surface area contributed by atoms with Crippen molar-refractivity contribution in [2.75, 3.05) is 46.4 Å². The standard InChI is InChI=1S/C6H14N2.C5H9NO2/c1-8-4-2-6(7)3-5-8;7-5-6-1-3-8-4-2-6/h6H,2-5,7H2,1H3;5H,1-4H2. The summed E-state index contributed by atoms with van der Waals surface area (Å²) in [7, 11) is 2.14. The topological polar surface area (TPSA) is 58.8 Å². The number of likely N-dealkylation sites (tertiary alicyclic amines) is 1. The Hall–Kier alpha value is -0.650. The fraction of sp³-hybridized carbons (Fsp3) is 0.909. The van der Waals surface area contributed by atoms with E-state index in [1.807, 2.05) is 0 Å². The van der Waals surface area contributed by atoms with E-state index in [1.54, 1.807) is 4.90 Å². The van der Waals surface area contributed by atoms with Crippen LogP contribution in [0.4, 0.5) is 0 Å². The van der Waals surface area contributed by atoms with Crippen LogP contribution in [-0.2, 0) is 9.53 Å². The number of rotatable bonds is 1. The molecule has 0 aliphatic carbocycles. The lowest BCUT2D eigenvalue weighted by Crippen LogP contribution is -2.37. The largest absolute Gasteiger partial charge is 0.378 e. The first kappa shape index (κ1) is 13.4. The second-order valence-corrected chi connectivity index (χ2v) is 4.39. The monoisotopic (exact) mass is 229 g/mol. The molecule has 2 saturated heterocycles. The Morgan fingerprint density at radius 1 is 1.19 bits per heavy atom. The molecule has 0 aromatic carbocycles. The van der Waals surface area contributed by atoms with Crippen molar-refractivity contribution in [2.45, 2.75) is 18.9 Å². The van der Waals surface area contributed by atoms with Gasteiger partial charge in [-0.3, -0.25) is 4.79 Å². The molecule has 2 aliphatic heterocycles. The van der Waals surface area contributed by atoms with Crippen molar-refractivity contribution >= 4 is 6.41 Å². The van der Waals surface area contributed by atoms with Crippen molar-refractivity contribution in [3.8, 4) is 0 Å². The number of carbonyl (C=O) groups is 1. The molecule has 2 rings (SSSR count). The lowest BCUT2D eigenvalue weighted by Gasteiger charge is -2.25. The van der Waals surface area contributed by atoms with Gasteiger partial charge in [-0.2, -0.15) is 0 Å². The average Bonchev–Trinajstić information content (AvgIpc) is 2.35. The van der Waals surface area contributed by atoms with E-state index in [9.17, 15) is 4.79 Å². The lowest BCUT2D eigenvalue weighted by molar-refractivity contribution is -0.121. The zero-order valence-corrected chi connectivity index (χ0v) is 10.1. The van der Waals surface area contributed by atoms with Crippen LogP contribution in [0.2, 0.25) is 0 Å². The van der Waals surface area contributed by atoms with Crippen LogP contribution >= 0.6 is 0 Å². The summed E-state index contributed by atoms with van der Waals surface area (Å²) in [5.41, 5.74) is 5.67. The van der Waals surface area contributed by atoms with Crippen LogP contribution < -0.4 is 5.73 Å². The number of morpholine rings is 1. The maximum Gasteiger partial charge on any atom is 0.209 e. The summed E-state index contributed by atoms with van der Waals surface area (Å²) in [6.07, 6.45) is 3.22. The van der Waals surface area contributed by atoms with Crippen molar-refractivity contribution in [3.63, 3.8) is 0 Å². The predicted octanol–water partition coefficient (Wildman–Crippen LogP) is -0.486.